The van der Waals surface area contributed by atoms with Crippen molar-refractivity contribution < 1.29 is 18.7 Å². The highest BCUT2D eigenvalue weighted by Crippen LogP contribution is 2.20. The molecule has 7 heteroatoms. The molecule has 0 aliphatic heterocycles. The Hall–Kier alpha value is -2.60. The third-order valence-corrected chi connectivity index (χ3v) is 4.19. The number of nitrogens with zero attached hydrogens (tertiary/aromatic N) is 1. The summed E-state index contributed by atoms with van der Waals surface area (Å²) in [5, 5.41) is 2.90. The first-order valence-electron chi connectivity index (χ1n) is 8.09. The molecule has 1 N–H and O–H groups in total. The summed E-state index contributed by atoms with van der Waals surface area (Å²) in [7, 11) is 1.56. The smallest absolute Gasteiger partial charge is 0.243 e. The Labute approximate surface area is 156 Å². The minimum Gasteiger partial charge on any atom is -0.497 e. The Morgan fingerprint density at radius 2 is 1.88 bits per heavy atom. The van der Waals surface area contributed by atoms with Crippen LogP contribution >= 0.6 is 11.6 Å². The molecular weight excluding hydrogens is 359 g/mol. The maximum absolute atomic E-state index is 13.8. The predicted molar refractivity (Wildman–Crippen MR) is 99.0 cm³/mol. The van der Waals surface area contributed by atoms with Crippen LogP contribution in [0.4, 0.5) is 10.1 Å². The Kier molecular flexibility index (Phi) is 6.97. The van der Waals surface area contributed by atoms with Crippen LogP contribution in [0.15, 0.2) is 42.5 Å². The van der Waals surface area contributed by atoms with Gasteiger partial charge in [-0.05, 0) is 43.3 Å². The van der Waals surface area contributed by atoms with Gasteiger partial charge in [-0.2, -0.15) is 0 Å². The molecule has 0 aliphatic carbocycles. The van der Waals surface area contributed by atoms with E-state index in [0.717, 1.165) is 0 Å². The molecule has 0 bridgehead atoms. The second-order valence-electron chi connectivity index (χ2n) is 5.56. The number of hydrogen-bond acceptors (Lipinski definition) is 3. The number of carbonyl (C=O) groups excluding carboxylic acids is 2. The Bertz CT molecular complexity index is 761. The monoisotopic (exact) mass is 378 g/mol. The van der Waals surface area contributed by atoms with Crippen molar-refractivity contribution in [3.63, 3.8) is 0 Å². The quantitative estimate of drug-likeness (QED) is 0.802. The summed E-state index contributed by atoms with van der Waals surface area (Å²) in [4.78, 5) is 26.0. The fraction of sp³-hybridized carbons (Fsp3) is 0.263. The molecule has 0 unspecified atom stereocenters. The summed E-state index contributed by atoms with van der Waals surface area (Å²) in [6.45, 7) is 1.94. The van der Waals surface area contributed by atoms with E-state index in [1.54, 1.807) is 38.3 Å². The van der Waals surface area contributed by atoms with Gasteiger partial charge >= 0.3 is 0 Å². The average molecular weight is 379 g/mol. The normalized spacial score (nSPS) is 10.3. The van der Waals surface area contributed by atoms with Gasteiger partial charge in [0.2, 0.25) is 11.8 Å². The minimum atomic E-state index is -0.537. The van der Waals surface area contributed by atoms with Crippen molar-refractivity contribution in [2.45, 2.75) is 13.3 Å². The number of benzene rings is 2. The first kappa shape index (κ1) is 19.7. The molecule has 0 saturated heterocycles. The molecule has 26 heavy (non-hydrogen) atoms. The molecule has 0 aromatic heterocycles. The summed E-state index contributed by atoms with van der Waals surface area (Å²) in [6.07, 6.45) is -0.199. The number of hydrogen-bond donors (Lipinski definition) is 1. The number of amides is 2. The molecule has 138 valence electrons. The van der Waals surface area contributed by atoms with Gasteiger partial charge in [0, 0.05) is 22.8 Å². The van der Waals surface area contributed by atoms with E-state index in [0.29, 0.717) is 18.0 Å². The predicted octanol–water partition coefficient (Wildman–Crippen LogP) is 3.52. The van der Waals surface area contributed by atoms with Gasteiger partial charge in [0.25, 0.3) is 0 Å². The van der Waals surface area contributed by atoms with Crippen LogP contribution in [-0.4, -0.2) is 36.9 Å². The number of rotatable bonds is 7. The lowest BCUT2D eigenvalue weighted by atomic mass is 10.1. The zero-order valence-electron chi connectivity index (χ0n) is 14.6. The molecular formula is C19H20ClFN2O3. The van der Waals surface area contributed by atoms with Crippen LogP contribution in [0.2, 0.25) is 5.02 Å². The molecule has 0 fully saturated rings. The van der Waals surface area contributed by atoms with Crippen molar-refractivity contribution in [1.82, 2.24) is 4.90 Å². The lowest BCUT2D eigenvalue weighted by Gasteiger charge is -2.21. The van der Waals surface area contributed by atoms with E-state index >= 15 is 0 Å². The summed E-state index contributed by atoms with van der Waals surface area (Å²) < 4.78 is 18.9. The molecule has 2 aromatic carbocycles. The largest absolute Gasteiger partial charge is 0.497 e. The van der Waals surface area contributed by atoms with Crippen molar-refractivity contribution in [3.05, 3.63) is 58.9 Å². The molecule has 0 radical (unpaired) electrons. The van der Waals surface area contributed by atoms with E-state index in [1.165, 1.54) is 23.1 Å². The fourth-order valence-corrected chi connectivity index (χ4v) is 2.62. The summed E-state index contributed by atoms with van der Waals surface area (Å²) in [5.41, 5.74) is 0.727. The van der Waals surface area contributed by atoms with Crippen molar-refractivity contribution in [3.8, 4) is 5.75 Å². The SMILES string of the molecule is CCN(CC(=O)Nc1ccc(OC)cc1)C(=O)Cc1c(F)cccc1Cl. The Morgan fingerprint density at radius 1 is 1.19 bits per heavy atom. The molecule has 5 nitrogen and oxygen atoms in total. The van der Waals surface area contributed by atoms with E-state index in [9.17, 15) is 14.0 Å². The van der Waals surface area contributed by atoms with Crippen molar-refractivity contribution in [2.24, 2.45) is 0 Å². The van der Waals surface area contributed by atoms with E-state index in [2.05, 4.69) is 5.32 Å². The van der Waals surface area contributed by atoms with Gasteiger partial charge in [-0.25, -0.2) is 4.39 Å². The van der Waals surface area contributed by atoms with Gasteiger partial charge < -0.3 is 15.0 Å². The zero-order valence-corrected chi connectivity index (χ0v) is 15.3. The topological polar surface area (TPSA) is 58.6 Å². The fourth-order valence-electron chi connectivity index (χ4n) is 2.39. The molecule has 0 heterocycles. The number of ether oxygens (including phenoxy) is 1. The van der Waals surface area contributed by atoms with Gasteiger partial charge in [0.05, 0.1) is 20.1 Å². The molecule has 2 rings (SSSR count). The number of halogens is 2. The molecule has 2 amide bonds. The van der Waals surface area contributed by atoms with Gasteiger partial charge in [-0.15, -0.1) is 0 Å². The first-order valence-corrected chi connectivity index (χ1v) is 8.47. The number of likely N-dealkylation sites (N-methyl/N-ethyl adjacent to an activating group) is 1. The van der Waals surface area contributed by atoms with E-state index in [-0.39, 0.29) is 35.4 Å². The first-order chi connectivity index (χ1) is 12.4. The Morgan fingerprint density at radius 3 is 2.46 bits per heavy atom. The number of nitrogens with one attached hydrogen (secondary N) is 1. The molecule has 2 aromatic rings. The van der Waals surface area contributed by atoms with Crippen molar-refractivity contribution in [1.29, 1.82) is 0 Å². The molecule has 0 saturated carbocycles. The third kappa shape index (κ3) is 5.20. The van der Waals surface area contributed by atoms with Gasteiger partial charge in [-0.1, -0.05) is 17.7 Å². The van der Waals surface area contributed by atoms with E-state index in [1.807, 2.05) is 0 Å². The van der Waals surface area contributed by atoms with Crippen LogP contribution < -0.4 is 10.1 Å². The number of anilines is 1. The van der Waals surface area contributed by atoms with Crippen LogP contribution in [0, 0.1) is 5.82 Å². The summed E-state index contributed by atoms with van der Waals surface area (Å²) in [5.74, 6) is -0.575. The van der Waals surface area contributed by atoms with Gasteiger partial charge in [-0.3, -0.25) is 9.59 Å². The van der Waals surface area contributed by atoms with Crippen LogP contribution in [-0.2, 0) is 16.0 Å². The third-order valence-electron chi connectivity index (χ3n) is 3.83. The number of methoxy groups -OCH3 is 1. The second-order valence-corrected chi connectivity index (χ2v) is 5.97. The highest BCUT2D eigenvalue weighted by atomic mass is 35.5. The zero-order chi connectivity index (χ0) is 19.1. The maximum atomic E-state index is 13.8. The lowest BCUT2D eigenvalue weighted by Crippen LogP contribution is -2.38. The van der Waals surface area contributed by atoms with Gasteiger partial charge in [0.15, 0.2) is 0 Å². The summed E-state index contributed by atoms with van der Waals surface area (Å²) in [6, 6.07) is 11.1. The highest BCUT2D eigenvalue weighted by molar-refractivity contribution is 6.31. The van der Waals surface area contributed by atoms with Crippen molar-refractivity contribution in [2.75, 3.05) is 25.5 Å². The van der Waals surface area contributed by atoms with Crippen LogP contribution in [0.1, 0.15) is 12.5 Å². The van der Waals surface area contributed by atoms with E-state index in [4.69, 9.17) is 16.3 Å². The van der Waals surface area contributed by atoms with Gasteiger partial charge in [0.1, 0.15) is 11.6 Å². The molecule has 0 spiro atoms. The molecule has 0 aliphatic rings. The Balaban J connectivity index is 1.98. The average Bonchev–Trinajstić information content (AvgIpc) is 2.63. The van der Waals surface area contributed by atoms with Crippen LogP contribution in [0.25, 0.3) is 0 Å². The highest BCUT2D eigenvalue weighted by Gasteiger charge is 2.19. The lowest BCUT2D eigenvalue weighted by molar-refractivity contribution is -0.133. The summed E-state index contributed by atoms with van der Waals surface area (Å²) >= 11 is 5.96. The maximum Gasteiger partial charge on any atom is 0.243 e. The van der Waals surface area contributed by atoms with E-state index < -0.39 is 5.82 Å². The number of carbonyl (C=O) groups is 2. The standard InChI is InChI=1S/C19H20ClFN2O3/c1-3-23(19(25)11-15-16(20)5-4-6-17(15)21)12-18(24)22-13-7-9-14(26-2)10-8-13/h4-10H,3,11-12H2,1-2H3,(H,22,24). The van der Waals surface area contributed by atoms with Crippen molar-refractivity contribution >= 4 is 29.1 Å². The second kappa shape index (κ2) is 9.20. The van der Waals surface area contributed by atoms with Crippen LogP contribution in [0.5, 0.6) is 5.75 Å². The van der Waals surface area contributed by atoms with Crippen LogP contribution in [0.3, 0.4) is 0 Å². The molecule has 0 atom stereocenters. The minimum absolute atomic E-state index is 0.132.